The number of ether oxygens (including phenoxy) is 3. The summed E-state index contributed by atoms with van der Waals surface area (Å²) >= 11 is 0. The Hall–Kier alpha value is -3.27. The Bertz CT molecular complexity index is 1040. The van der Waals surface area contributed by atoms with Crippen LogP contribution in [0.15, 0.2) is 30.3 Å². The van der Waals surface area contributed by atoms with Gasteiger partial charge in [-0.1, -0.05) is 18.2 Å². The number of para-hydroxylation sites is 1. The third-order valence-electron chi connectivity index (χ3n) is 6.75. The third kappa shape index (κ3) is 2.25. The van der Waals surface area contributed by atoms with Crippen molar-refractivity contribution in [2.24, 2.45) is 11.8 Å². The maximum atomic E-state index is 13.6. The number of hydrogen-bond donors (Lipinski definition) is 0. The fourth-order valence-electron chi connectivity index (χ4n) is 5.66. The van der Waals surface area contributed by atoms with Gasteiger partial charge < -0.3 is 14.2 Å². The molecular weight excluding hydrogens is 420 g/mol. The van der Waals surface area contributed by atoms with E-state index in [2.05, 4.69) is 0 Å². The molecule has 32 heavy (non-hydrogen) atoms. The number of imide groups is 1. The van der Waals surface area contributed by atoms with Crippen LogP contribution in [0, 0.1) is 11.8 Å². The largest absolute Gasteiger partial charge is 0.464 e. The zero-order chi connectivity index (χ0) is 22.8. The number of fused-ring (bicyclic) bond motifs is 3. The van der Waals surface area contributed by atoms with Crippen molar-refractivity contribution >= 4 is 35.3 Å². The normalized spacial score (nSPS) is 34.7. The molecule has 2 bridgehead atoms. The summed E-state index contributed by atoms with van der Waals surface area (Å²) in [6.07, 6.45) is 0.311. The summed E-state index contributed by atoms with van der Waals surface area (Å²) in [6.45, 7) is 3.27. The van der Waals surface area contributed by atoms with Crippen molar-refractivity contribution in [1.29, 1.82) is 0 Å². The van der Waals surface area contributed by atoms with Crippen molar-refractivity contribution in [3.05, 3.63) is 30.3 Å². The van der Waals surface area contributed by atoms with Crippen LogP contribution in [0.2, 0.25) is 0 Å². The van der Waals surface area contributed by atoms with Crippen LogP contribution < -0.4 is 4.90 Å². The van der Waals surface area contributed by atoms with E-state index in [0.717, 1.165) is 9.80 Å². The summed E-state index contributed by atoms with van der Waals surface area (Å²) in [6, 6.07) is 7.30. The number of amides is 3. The van der Waals surface area contributed by atoms with E-state index in [0.29, 0.717) is 5.69 Å². The standard InChI is InChI=1S/C22H22N2O8/c1-3-30-18(27)13-10-11-21-14-15(17(26)23(16(14)25)12-8-6-5-7-9-12)22(32-21,19(28)24(13)21)20(29)31-4-2/h5-9,13-15H,3-4,10-11H2,1-2H3/t13-,14+,15-,21-,22+/m1/s1. The van der Waals surface area contributed by atoms with Gasteiger partial charge in [-0.15, -0.1) is 0 Å². The van der Waals surface area contributed by atoms with E-state index in [1.54, 1.807) is 44.2 Å². The van der Waals surface area contributed by atoms with Crippen LogP contribution in [-0.4, -0.2) is 65.1 Å². The maximum absolute atomic E-state index is 13.6. The molecule has 4 heterocycles. The molecule has 5 atom stereocenters. The monoisotopic (exact) mass is 442 g/mol. The summed E-state index contributed by atoms with van der Waals surface area (Å²) in [4.78, 5) is 68.6. The van der Waals surface area contributed by atoms with Crippen molar-refractivity contribution in [2.45, 2.75) is 44.1 Å². The van der Waals surface area contributed by atoms with E-state index in [4.69, 9.17) is 14.2 Å². The van der Waals surface area contributed by atoms with Crippen molar-refractivity contribution in [2.75, 3.05) is 18.1 Å². The number of anilines is 1. The van der Waals surface area contributed by atoms with Gasteiger partial charge in [0.2, 0.25) is 11.8 Å². The number of rotatable bonds is 5. The first-order chi connectivity index (χ1) is 15.3. The van der Waals surface area contributed by atoms with E-state index in [1.165, 1.54) is 0 Å². The van der Waals surface area contributed by atoms with E-state index in [1.807, 2.05) is 0 Å². The number of hydrogen-bond acceptors (Lipinski definition) is 8. The van der Waals surface area contributed by atoms with Gasteiger partial charge in [0, 0.05) is 0 Å². The SMILES string of the molecule is CCOC(=O)[C@H]1CC[C@]23O[C@](C(=O)OCC)(C(=O)N12)[C@H]1C(=O)N(c2ccccc2)C(=O)[C@H]13. The molecule has 10 heteroatoms. The molecular formula is C22H22N2O8. The minimum atomic E-state index is -2.30. The fourth-order valence-corrected chi connectivity index (χ4v) is 5.66. The van der Waals surface area contributed by atoms with Gasteiger partial charge in [0.25, 0.3) is 11.5 Å². The number of esters is 2. The summed E-state index contributed by atoms with van der Waals surface area (Å²) < 4.78 is 16.3. The van der Waals surface area contributed by atoms with Crippen LogP contribution >= 0.6 is 0 Å². The van der Waals surface area contributed by atoms with Crippen molar-refractivity contribution in [3.63, 3.8) is 0 Å². The Morgan fingerprint density at radius 1 is 1.03 bits per heavy atom. The molecule has 5 rings (SSSR count). The second-order valence-corrected chi connectivity index (χ2v) is 8.19. The zero-order valence-electron chi connectivity index (χ0n) is 17.6. The molecule has 1 aromatic rings. The highest BCUT2D eigenvalue weighted by atomic mass is 16.6. The number of carbonyl (C=O) groups is 5. The van der Waals surface area contributed by atoms with Crippen LogP contribution in [0.5, 0.6) is 0 Å². The molecule has 4 saturated heterocycles. The van der Waals surface area contributed by atoms with Gasteiger partial charge in [-0.2, -0.15) is 0 Å². The van der Waals surface area contributed by atoms with Crippen LogP contribution in [0.1, 0.15) is 26.7 Å². The van der Waals surface area contributed by atoms with Gasteiger partial charge in [-0.25, -0.2) is 14.5 Å². The van der Waals surface area contributed by atoms with Crippen LogP contribution in [-0.2, 0) is 38.2 Å². The number of benzene rings is 1. The Morgan fingerprint density at radius 3 is 2.34 bits per heavy atom. The van der Waals surface area contributed by atoms with Crippen LogP contribution in [0.25, 0.3) is 0 Å². The van der Waals surface area contributed by atoms with Gasteiger partial charge in [-0.3, -0.25) is 19.3 Å². The zero-order valence-corrected chi connectivity index (χ0v) is 17.6. The highest BCUT2D eigenvalue weighted by molar-refractivity contribution is 6.28. The molecule has 0 aliphatic carbocycles. The molecule has 168 valence electrons. The van der Waals surface area contributed by atoms with Crippen molar-refractivity contribution in [3.8, 4) is 0 Å². The Morgan fingerprint density at radius 2 is 1.69 bits per heavy atom. The topological polar surface area (TPSA) is 120 Å². The second kappa shape index (κ2) is 6.86. The van der Waals surface area contributed by atoms with Crippen molar-refractivity contribution in [1.82, 2.24) is 4.90 Å². The summed E-state index contributed by atoms with van der Waals surface area (Å²) in [7, 11) is 0. The maximum Gasteiger partial charge on any atom is 0.349 e. The highest BCUT2D eigenvalue weighted by Crippen LogP contribution is 2.64. The van der Waals surface area contributed by atoms with Crippen molar-refractivity contribution < 1.29 is 38.2 Å². The van der Waals surface area contributed by atoms with E-state index < -0.39 is 58.9 Å². The molecule has 0 N–H and O–H groups in total. The summed E-state index contributed by atoms with van der Waals surface area (Å²) in [5, 5.41) is 0. The average Bonchev–Trinajstić information content (AvgIpc) is 3.45. The molecule has 0 saturated carbocycles. The first-order valence-electron chi connectivity index (χ1n) is 10.7. The van der Waals surface area contributed by atoms with Gasteiger partial charge in [0.05, 0.1) is 18.9 Å². The predicted molar refractivity (Wildman–Crippen MR) is 106 cm³/mol. The first-order valence-corrected chi connectivity index (χ1v) is 10.7. The third-order valence-corrected chi connectivity index (χ3v) is 6.75. The van der Waals surface area contributed by atoms with Crippen LogP contribution in [0.3, 0.4) is 0 Å². The molecule has 1 aromatic carbocycles. The minimum Gasteiger partial charge on any atom is -0.464 e. The predicted octanol–water partition coefficient (Wildman–Crippen LogP) is 0.388. The summed E-state index contributed by atoms with van der Waals surface area (Å²) in [5.74, 6) is -6.24. The Kier molecular flexibility index (Phi) is 4.42. The lowest BCUT2D eigenvalue weighted by Crippen LogP contribution is -2.63. The van der Waals surface area contributed by atoms with E-state index in [-0.39, 0.29) is 26.1 Å². The average molecular weight is 442 g/mol. The molecule has 4 aliphatic heterocycles. The lowest BCUT2D eigenvalue weighted by atomic mass is 9.74. The Labute approximate surface area is 183 Å². The second-order valence-electron chi connectivity index (χ2n) is 8.19. The number of piperidine rings is 1. The quantitative estimate of drug-likeness (QED) is 0.365. The van der Waals surface area contributed by atoms with E-state index >= 15 is 0 Å². The first kappa shape index (κ1) is 20.6. The molecule has 4 fully saturated rings. The highest BCUT2D eigenvalue weighted by Gasteiger charge is 2.87. The smallest absolute Gasteiger partial charge is 0.349 e. The minimum absolute atomic E-state index is 0.0482. The van der Waals surface area contributed by atoms with Gasteiger partial charge in [0.15, 0.2) is 5.72 Å². The van der Waals surface area contributed by atoms with Gasteiger partial charge >= 0.3 is 11.9 Å². The molecule has 0 aromatic heterocycles. The lowest BCUT2D eigenvalue weighted by Gasteiger charge is -2.37. The fraction of sp³-hybridized carbons (Fsp3) is 0.500. The molecule has 10 nitrogen and oxygen atoms in total. The Balaban J connectivity index is 1.65. The van der Waals surface area contributed by atoms with Crippen LogP contribution in [0.4, 0.5) is 5.69 Å². The molecule has 1 spiro atoms. The number of nitrogens with zero attached hydrogens (tertiary/aromatic N) is 2. The van der Waals surface area contributed by atoms with E-state index in [9.17, 15) is 24.0 Å². The lowest BCUT2D eigenvalue weighted by molar-refractivity contribution is -0.176. The molecule has 0 unspecified atom stereocenters. The molecule has 3 amide bonds. The van der Waals surface area contributed by atoms with Gasteiger partial charge in [0.1, 0.15) is 17.9 Å². The summed E-state index contributed by atoms with van der Waals surface area (Å²) in [5.41, 5.74) is -3.55. The van der Waals surface area contributed by atoms with Gasteiger partial charge in [-0.05, 0) is 38.8 Å². The molecule has 4 aliphatic rings. The molecule has 0 radical (unpaired) electrons. The number of carbonyl (C=O) groups excluding carboxylic acids is 5.